The number of rotatable bonds is 5. The van der Waals surface area contributed by atoms with Gasteiger partial charge < -0.3 is 14.2 Å². The summed E-state index contributed by atoms with van der Waals surface area (Å²) >= 11 is 1.65. The number of carbonyl (C=O) groups excluding carboxylic acids is 1. The summed E-state index contributed by atoms with van der Waals surface area (Å²) < 4.78 is 15.6. The van der Waals surface area contributed by atoms with Crippen molar-refractivity contribution < 1.29 is 19.0 Å². The molecule has 0 aromatic heterocycles. The van der Waals surface area contributed by atoms with Crippen molar-refractivity contribution in [3.8, 4) is 11.5 Å². The van der Waals surface area contributed by atoms with Gasteiger partial charge in [-0.15, -0.1) is 11.8 Å². The molecule has 6 heteroatoms. The number of ether oxygens (including phenoxy) is 3. The number of thioether (sulfide) groups is 1. The number of esters is 1. The third-order valence-corrected chi connectivity index (χ3v) is 4.00. The van der Waals surface area contributed by atoms with Crippen LogP contribution in [-0.4, -0.2) is 44.0 Å². The highest BCUT2D eigenvalue weighted by atomic mass is 32.2. The molecule has 0 spiro atoms. The van der Waals surface area contributed by atoms with Crippen molar-refractivity contribution in [3.05, 3.63) is 24.3 Å². The van der Waals surface area contributed by atoms with E-state index in [0.717, 1.165) is 0 Å². The molecule has 2 unspecified atom stereocenters. The van der Waals surface area contributed by atoms with E-state index in [2.05, 4.69) is 5.32 Å². The van der Waals surface area contributed by atoms with Crippen molar-refractivity contribution in [1.29, 1.82) is 0 Å². The lowest BCUT2D eigenvalue weighted by Crippen LogP contribution is -2.39. The maximum atomic E-state index is 11.4. The van der Waals surface area contributed by atoms with Gasteiger partial charge in [-0.05, 0) is 12.1 Å². The molecule has 2 rings (SSSR count). The molecule has 1 heterocycles. The Bertz CT molecular complexity index is 440. The Balaban J connectivity index is 1.85. The number of hydrogen-bond donors (Lipinski definition) is 1. The van der Waals surface area contributed by atoms with Crippen LogP contribution in [0.3, 0.4) is 0 Å². The predicted octanol–water partition coefficient (Wildman–Crippen LogP) is 1.28. The topological polar surface area (TPSA) is 56.8 Å². The van der Waals surface area contributed by atoms with Gasteiger partial charge in [0.15, 0.2) is 11.5 Å². The van der Waals surface area contributed by atoms with Crippen LogP contribution in [-0.2, 0) is 9.53 Å². The van der Waals surface area contributed by atoms with Gasteiger partial charge in [0.25, 0.3) is 0 Å². The first-order chi connectivity index (χ1) is 9.24. The van der Waals surface area contributed by atoms with Crippen LogP contribution in [0.5, 0.6) is 11.5 Å². The van der Waals surface area contributed by atoms with Crippen LogP contribution in [0.25, 0.3) is 0 Å². The highest BCUT2D eigenvalue weighted by Gasteiger charge is 2.30. The standard InChI is InChI=1S/C13H17NO4S/c1-16-10-5-3-4-6-11(10)18-7-12-14-9(8-19-12)13(15)17-2/h3-6,9,12,14H,7-8H2,1-2H3. The molecule has 1 N–H and O–H groups in total. The fourth-order valence-electron chi connectivity index (χ4n) is 1.81. The number of hydrogen-bond acceptors (Lipinski definition) is 6. The van der Waals surface area contributed by atoms with Gasteiger partial charge in [0.2, 0.25) is 0 Å². The van der Waals surface area contributed by atoms with E-state index in [1.165, 1.54) is 7.11 Å². The van der Waals surface area contributed by atoms with E-state index in [1.807, 2.05) is 24.3 Å². The summed E-state index contributed by atoms with van der Waals surface area (Å²) in [6, 6.07) is 7.24. The average molecular weight is 283 g/mol. The third-order valence-electron chi connectivity index (χ3n) is 2.80. The van der Waals surface area contributed by atoms with Crippen molar-refractivity contribution >= 4 is 17.7 Å². The minimum atomic E-state index is -0.249. The molecule has 0 amide bonds. The second-order valence-corrected chi connectivity index (χ2v) is 5.26. The Morgan fingerprint density at radius 2 is 2.11 bits per heavy atom. The molecule has 0 aliphatic carbocycles. The summed E-state index contributed by atoms with van der Waals surface area (Å²) in [6.45, 7) is 0.471. The van der Waals surface area contributed by atoms with Gasteiger partial charge in [-0.1, -0.05) is 12.1 Å². The predicted molar refractivity (Wildman–Crippen MR) is 73.7 cm³/mol. The largest absolute Gasteiger partial charge is 0.493 e. The van der Waals surface area contributed by atoms with Crippen molar-refractivity contribution in [2.75, 3.05) is 26.6 Å². The van der Waals surface area contributed by atoms with E-state index in [0.29, 0.717) is 23.9 Å². The zero-order valence-corrected chi connectivity index (χ0v) is 11.7. The summed E-state index contributed by atoms with van der Waals surface area (Å²) in [5, 5.41) is 3.25. The maximum absolute atomic E-state index is 11.4. The summed E-state index contributed by atoms with van der Waals surface area (Å²) in [4.78, 5) is 11.4. The molecule has 1 aromatic rings. The number of carbonyl (C=O) groups is 1. The van der Waals surface area contributed by atoms with Crippen LogP contribution < -0.4 is 14.8 Å². The zero-order chi connectivity index (χ0) is 13.7. The fraction of sp³-hybridized carbons (Fsp3) is 0.462. The van der Waals surface area contributed by atoms with Crippen molar-refractivity contribution in [1.82, 2.24) is 5.32 Å². The zero-order valence-electron chi connectivity index (χ0n) is 10.9. The smallest absolute Gasteiger partial charge is 0.323 e. The SMILES string of the molecule is COC(=O)C1CSC(COc2ccccc2OC)N1. The highest BCUT2D eigenvalue weighted by Crippen LogP contribution is 2.27. The molecule has 1 aromatic carbocycles. The van der Waals surface area contributed by atoms with E-state index < -0.39 is 0 Å². The molecular formula is C13H17NO4S. The second-order valence-electron chi connectivity index (χ2n) is 4.03. The van der Waals surface area contributed by atoms with Crippen molar-refractivity contribution in [2.45, 2.75) is 11.4 Å². The Kier molecular flexibility index (Phi) is 4.93. The van der Waals surface area contributed by atoms with Crippen LogP contribution in [0.4, 0.5) is 0 Å². The lowest BCUT2D eigenvalue weighted by molar-refractivity contribution is -0.142. The van der Waals surface area contributed by atoms with Crippen LogP contribution in [0.2, 0.25) is 0 Å². The van der Waals surface area contributed by atoms with Gasteiger partial charge in [-0.25, -0.2) is 0 Å². The maximum Gasteiger partial charge on any atom is 0.323 e. The van der Waals surface area contributed by atoms with Crippen molar-refractivity contribution in [3.63, 3.8) is 0 Å². The highest BCUT2D eigenvalue weighted by molar-refractivity contribution is 8.00. The molecule has 0 saturated carbocycles. The van der Waals surface area contributed by atoms with E-state index in [1.54, 1.807) is 18.9 Å². The molecule has 1 aliphatic heterocycles. The monoisotopic (exact) mass is 283 g/mol. The molecule has 0 bridgehead atoms. The summed E-state index contributed by atoms with van der Waals surface area (Å²) in [5.74, 6) is 1.88. The normalized spacial score (nSPS) is 22.0. The lowest BCUT2D eigenvalue weighted by atomic mass is 10.3. The van der Waals surface area contributed by atoms with E-state index in [9.17, 15) is 4.79 Å². The molecule has 5 nitrogen and oxygen atoms in total. The van der Waals surface area contributed by atoms with Gasteiger partial charge in [0.05, 0.1) is 19.6 Å². The van der Waals surface area contributed by atoms with Crippen molar-refractivity contribution in [2.24, 2.45) is 0 Å². The molecule has 1 aliphatic rings. The molecule has 0 radical (unpaired) electrons. The first kappa shape index (κ1) is 14.0. The minimum absolute atomic E-state index is 0.0778. The van der Waals surface area contributed by atoms with Gasteiger partial charge in [0.1, 0.15) is 12.6 Å². The Hall–Kier alpha value is -1.40. The molecule has 1 saturated heterocycles. The Labute approximate surface area is 116 Å². The number of nitrogens with one attached hydrogen (secondary N) is 1. The van der Waals surface area contributed by atoms with Crippen LogP contribution >= 0.6 is 11.8 Å². The summed E-state index contributed by atoms with van der Waals surface area (Å²) in [6.07, 6.45) is 0. The molecule has 2 atom stereocenters. The first-order valence-electron chi connectivity index (χ1n) is 5.96. The second kappa shape index (κ2) is 6.68. The number of methoxy groups -OCH3 is 2. The van der Waals surface area contributed by atoms with E-state index >= 15 is 0 Å². The van der Waals surface area contributed by atoms with Crippen LogP contribution in [0.1, 0.15) is 0 Å². The van der Waals surface area contributed by atoms with Gasteiger partial charge >= 0.3 is 5.97 Å². The van der Waals surface area contributed by atoms with Crippen LogP contribution in [0, 0.1) is 0 Å². The van der Waals surface area contributed by atoms with E-state index in [4.69, 9.17) is 14.2 Å². The van der Waals surface area contributed by atoms with Gasteiger partial charge in [0, 0.05) is 5.75 Å². The molecule has 104 valence electrons. The molecule has 19 heavy (non-hydrogen) atoms. The Morgan fingerprint density at radius 1 is 1.37 bits per heavy atom. The minimum Gasteiger partial charge on any atom is -0.493 e. The third kappa shape index (κ3) is 3.54. The van der Waals surface area contributed by atoms with Gasteiger partial charge in [-0.2, -0.15) is 0 Å². The number of benzene rings is 1. The molecular weight excluding hydrogens is 266 g/mol. The Morgan fingerprint density at radius 3 is 2.79 bits per heavy atom. The molecule has 1 fully saturated rings. The van der Waals surface area contributed by atoms with Crippen LogP contribution in [0.15, 0.2) is 24.3 Å². The summed E-state index contributed by atoms with van der Waals surface area (Å²) in [7, 11) is 3.01. The van der Waals surface area contributed by atoms with E-state index in [-0.39, 0.29) is 17.4 Å². The van der Waals surface area contributed by atoms with Gasteiger partial charge in [-0.3, -0.25) is 10.1 Å². The fourth-order valence-corrected chi connectivity index (χ4v) is 2.89. The first-order valence-corrected chi connectivity index (χ1v) is 7.00. The lowest BCUT2D eigenvalue weighted by Gasteiger charge is -2.14. The average Bonchev–Trinajstić information content (AvgIpc) is 2.93. The summed E-state index contributed by atoms with van der Waals surface area (Å²) in [5.41, 5.74) is 0. The number of para-hydroxylation sites is 2. The quantitative estimate of drug-likeness (QED) is 0.822.